The van der Waals surface area contributed by atoms with Gasteiger partial charge in [-0.1, -0.05) is 0 Å². The summed E-state index contributed by atoms with van der Waals surface area (Å²) in [4.78, 5) is 0. The molecular weight excluding hydrogens is 195 g/mol. The first-order chi connectivity index (χ1) is 7.00. The Labute approximate surface area is 92.6 Å². The summed E-state index contributed by atoms with van der Waals surface area (Å²) in [5.41, 5.74) is -0.387. The van der Waals surface area contributed by atoms with Crippen molar-refractivity contribution in [3.63, 3.8) is 0 Å². The average Bonchev–Trinajstić information content (AvgIpc) is 2.47. The maximum Gasteiger partial charge on any atom is 0.112 e. The lowest BCUT2D eigenvalue weighted by Crippen LogP contribution is -2.43. The Kier molecular flexibility index (Phi) is 4.58. The highest BCUT2D eigenvalue weighted by Crippen LogP contribution is 2.23. The summed E-state index contributed by atoms with van der Waals surface area (Å²) in [5, 5.41) is 0. The molecule has 0 spiro atoms. The minimum Gasteiger partial charge on any atom is -0.382 e. The summed E-state index contributed by atoms with van der Waals surface area (Å²) >= 11 is 0. The number of rotatable bonds is 5. The largest absolute Gasteiger partial charge is 0.382 e. The van der Waals surface area contributed by atoms with E-state index in [4.69, 9.17) is 26.8 Å². The van der Waals surface area contributed by atoms with Crippen molar-refractivity contribution in [2.45, 2.75) is 37.7 Å². The van der Waals surface area contributed by atoms with Crippen molar-refractivity contribution in [1.82, 2.24) is 0 Å². The maximum absolute atomic E-state index is 5.85. The Bertz CT molecular complexity index is 198. The number of ether oxygens (including phenoxy) is 4. The minimum absolute atomic E-state index is 0.101. The second-order valence-corrected chi connectivity index (χ2v) is 4.35. The summed E-state index contributed by atoms with van der Waals surface area (Å²) in [6.07, 6.45) is -0.337. The van der Waals surface area contributed by atoms with Crippen LogP contribution in [-0.2, 0) is 18.9 Å². The lowest BCUT2D eigenvalue weighted by atomic mass is 9.93. The molecule has 0 aliphatic carbocycles. The van der Waals surface area contributed by atoms with E-state index in [-0.39, 0.29) is 17.8 Å². The Morgan fingerprint density at radius 2 is 2.07 bits per heavy atom. The van der Waals surface area contributed by atoms with Crippen LogP contribution in [0.2, 0.25) is 0 Å². The lowest BCUT2D eigenvalue weighted by Gasteiger charge is -2.31. The molecule has 3 atom stereocenters. The van der Waals surface area contributed by atoms with Gasteiger partial charge in [-0.25, -0.2) is 0 Å². The zero-order chi connectivity index (χ0) is 11.5. The topological polar surface area (TPSA) is 36.9 Å². The molecule has 0 aromatic heterocycles. The van der Waals surface area contributed by atoms with Gasteiger partial charge in [-0.05, 0) is 13.8 Å². The van der Waals surface area contributed by atoms with Gasteiger partial charge in [0.1, 0.15) is 20.1 Å². The van der Waals surface area contributed by atoms with E-state index in [9.17, 15) is 0 Å². The fourth-order valence-electron chi connectivity index (χ4n) is 1.70. The van der Waals surface area contributed by atoms with E-state index in [0.717, 1.165) is 0 Å². The summed E-state index contributed by atoms with van der Waals surface area (Å²) in [5.74, 6) is 0. The summed E-state index contributed by atoms with van der Waals surface area (Å²) in [7, 11) is 9.05. The van der Waals surface area contributed by atoms with Crippen LogP contribution in [0.25, 0.3) is 0 Å². The van der Waals surface area contributed by atoms with Crippen molar-refractivity contribution in [1.29, 1.82) is 0 Å². The Hall–Kier alpha value is -0.0951. The molecule has 0 unspecified atom stereocenters. The third-order valence-electron chi connectivity index (χ3n) is 2.39. The molecule has 0 N–H and O–H groups in total. The normalized spacial score (nSPS) is 32.1. The van der Waals surface area contributed by atoms with Crippen molar-refractivity contribution in [2.24, 2.45) is 0 Å². The smallest absolute Gasteiger partial charge is 0.112 e. The second-order valence-electron chi connectivity index (χ2n) is 4.35. The molecular formula is C10H19BO4. The zero-order valence-electron chi connectivity index (χ0n) is 9.86. The van der Waals surface area contributed by atoms with Crippen molar-refractivity contribution in [2.75, 3.05) is 27.4 Å². The molecule has 5 heteroatoms. The van der Waals surface area contributed by atoms with E-state index in [0.29, 0.717) is 13.2 Å². The molecule has 4 nitrogen and oxygen atoms in total. The average molecular weight is 214 g/mol. The predicted octanol–water partition coefficient (Wildman–Crippen LogP) is 0.336. The van der Waals surface area contributed by atoms with Crippen LogP contribution in [0.5, 0.6) is 0 Å². The van der Waals surface area contributed by atoms with Crippen LogP contribution in [-0.4, -0.2) is 59.1 Å². The van der Waals surface area contributed by atoms with Gasteiger partial charge in [0.15, 0.2) is 0 Å². The Morgan fingerprint density at radius 1 is 1.40 bits per heavy atom. The molecule has 0 aromatic rings. The van der Waals surface area contributed by atoms with Crippen molar-refractivity contribution < 1.29 is 18.9 Å². The molecule has 0 amide bonds. The van der Waals surface area contributed by atoms with Crippen LogP contribution < -0.4 is 0 Å². The quantitative estimate of drug-likeness (QED) is 0.618. The maximum atomic E-state index is 5.85. The van der Waals surface area contributed by atoms with Crippen LogP contribution in [0.15, 0.2) is 0 Å². The van der Waals surface area contributed by atoms with Crippen LogP contribution >= 0.6 is 0 Å². The molecule has 2 radical (unpaired) electrons. The molecule has 86 valence electrons. The number of hydrogen-bond donors (Lipinski definition) is 0. The van der Waals surface area contributed by atoms with Crippen LogP contribution in [0.4, 0.5) is 0 Å². The highest BCUT2D eigenvalue weighted by Gasteiger charge is 2.38. The van der Waals surface area contributed by atoms with Crippen molar-refractivity contribution in [3.05, 3.63) is 0 Å². The minimum atomic E-state index is -0.425. The van der Waals surface area contributed by atoms with Gasteiger partial charge in [-0.2, -0.15) is 0 Å². The molecule has 1 aliphatic heterocycles. The summed E-state index contributed by atoms with van der Waals surface area (Å²) < 4.78 is 21.5. The van der Waals surface area contributed by atoms with E-state index in [1.165, 1.54) is 0 Å². The third kappa shape index (κ3) is 3.45. The van der Waals surface area contributed by atoms with Gasteiger partial charge in [-0.3, -0.25) is 0 Å². The Morgan fingerprint density at radius 3 is 2.60 bits per heavy atom. The molecule has 1 aliphatic rings. The lowest BCUT2D eigenvalue weighted by molar-refractivity contribution is -0.137. The molecule has 0 bridgehead atoms. The zero-order valence-corrected chi connectivity index (χ0v) is 9.86. The standard InChI is InChI=1S/C10H19BO4/c1-10(2,6-12-3)15-8-7(13-4)5-14-9(8)11/h7-9H,5-6H2,1-4H3/t7-,8-,9+/m0/s1. The summed E-state index contributed by atoms with van der Waals surface area (Å²) in [6.45, 7) is 4.89. The van der Waals surface area contributed by atoms with Gasteiger partial charge in [0.25, 0.3) is 0 Å². The van der Waals surface area contributed by atoms with Crippen LogP contribution in [0.3, 0.4) is 0 Å². The van der Waals surface area contributed by atoms with E-state index in [1.54, 1.807) is 14.2 Å². The second kappa shape index (κ2) is 5.30. The molecule has 1 saturated heterocycles. The van der Waals surface area contributed by atoms with Crippen LogP contribution in [0, 0.1) is 0 Å². The predicted molar refractivity (Wildman–Crippen MR) is 57.1 cm³/mol. The highest BCUT2D eigenvalue weighted by molar-refractivity contribution is 6.11. The number of hydrogen-bond acceptors (Lipinski definition) is 4. The first-order valence-electron chi connectivity index (χ1n) is 5.07. The summed E-state index contributed by atoms with van der Waals surface area (Å²) in [6, 6.07) is -0.425. The fourth-order valence-corrected chi connectivity index (χ4v) is 1.70. The SMILES string of the molecule is [B][C@@H]1OC[C@H](OC)[C@@H]1OC(C)(C)COC. The van der Waals surface area contributed by atoms with Gasteiger partial charge >= 0.3 is 0 Å². The van der Waals surface area contributed by atoms with Gasteiger partial charge in [-0.15, -0.1) is 0 Å². The third-order valence-corrected chi connectivity index (χ3v) is 2.39. The molecule has 0 saturated carbocycles. The molecule has 15 heavy (non-hydrogen) atoms. The van der Waals surface area contributed by atoms with E-state index in [1.807, 2.05) is 13.8 Å². The van der Waals surface area contributed by atoms with E-state index < -0.39 is 6.00 Å². The molecule has 1 rings (SSSR count). The van der Waals surface area contributed by atoms with Gasteiger partial charge in [0.05, 0.1) is 18.8 Å². The fraction of sp³-hybridized carbons (Fsp3) is 1.00. The van der Waals surface area contributed by atoms with Gasteiger partial charge in [0.2, 0.25) is 0 Å². The molecule has 0 aromatic carbocycles. The van der Waals surface area contributed by atoms with E-state index >= 15 is 0 Å². The van der Waals surface area contributed by atoms with Gasteiger partial charge in [0, 0.05) is 20.2 Å². The monoisotopic (exact) mass is 214 g/mol. The Balaban J connectivity index is 2.54. The van der Waals surface area contributed by atoms with E-state index in [2.05, 4.69) is 0 Å². The van der Waals surface area contributed by atoms with Crippen molar-refractivity contribution in [3.8, 4) is 0 Å². The highest BCUT2D eigenvalue weighted by atomic mass is 16.6. The first kappa shape index (κ1) is 13.0. The van der Waals surface area contributed by atoms with Crippen molar-refractivity contribution >= 4 is 7.85 Å². The van der Waals surface area contributed by atoms with Crippen LogP contribution in [0.1, 0.15) is 13.8 Å². The number of methoxy groups -OCH3 is 2. The first-order valence-corrected chi connectivity index (χ1v) is 5.07. The molecule has 1 fully saturated rings. The molecule has 1 heterocycles. The van der Waals surface area contributed by atoms with Gasteiger partial charge < -0.3 is 18.9 Å².